The summed E-state index contributed by atoms with van der Waals surface area (Å²) in [7, 11) is 0. The first-order valence-electron chi connectivity index (χ1n) is 9.94. The molecule has 1 heterocycles. The topological polar surface area (TPSA) is 104 Å². The van der Waals surface area contributed by atoms with Crippen molar-refractivity contribution >= 4 is 23.5 Å². The minimum absolute atomic E-state index is 0.0693. The molecule has 0 aliphatic carbocycles. The number of aliphatic imine (C=N–C) groups is 1. The van der Waals surface area contributed by atoms with Gasteiger partial charge >= 0.3 is 6.09 Å². The van der Waals surface area contributed by atoms with Crippen LogP contribution in [0.5, 0.6) is 5.75 Å². The number of carbonyl (C=O) groups is 1. The Balaban J connectivity index is 1.74. The average molecular weight is 470 g/mol. The van der Waals surface area contributed by atoms with Crippen molar-refractivity contribution in [3.05, 3.63) is 58.8 Å². The molecule has 174 valence electrons. The van der Waals surface area contributed by atoms with Gasteiger partial charge in [-0.05, 0) is 26.7 Å². The number of nitrogens with one attached hydrogen (secondary N) is 1. The number of unbranched alkanes of at least 4 members (excludes halogenated alkanes) is 1. The number of aryl methyl sites for hydroxylation is 1. The standard InChI is InChI=1S/C21H26ClF2N5O3/c1-4-31-15-9-17(23)16(18(24)10-15)11-26-21(30)32-8-6-5-7-29-12-27-19(13(29)2)20(25)28-14(3)22/h9-10,12H,3-8,11H2,1-2H3,(H2,25,28)(H,26,30). The number of imidazole rings is 1. The van der Waals surface area contributed by atoms with Gasteiger partial charge in [-0.25, -0.2) is 23.6 Å². The molecule has 0 bridgehead atoms. The summed E-state index contributed by atoms with van der Waals surface area (Å²) in [5, 5.41) is 2.41. The monoisotopic (exact) mass is 469 g/mol. The molecular weight excluding hydrogens is 444 g/mol. The van der Waals surface area contributed by atoms with Gasteiger partial charge in [-0.15, -0.1) is 0 Å². The van der Waals surface area contributed by atoms with E-state index in [9.17, 15) is 13.6 Å². The second-order valence-corrected chi connectivity index (χ2v) is 7.18. The Kier molecular flexibility index (Phi) is 9.45. The summed E-state index contributed by atoms with van der Waals surface area (Å²) in [5.41, 5.74) is 6.92. The number of aromatic nitrogens is 2. The third-order valence-electron chi connectivity index (χ3n) is 4.45. The van der Waals surface area contributed by atoms with Crippen LogP contribution in [-0.2, 0) is 17.8 Å². The Morgan fingerprint density at radius 3 is 2.66 bits per heavy atom. The van der Waals surface area contributed by atoms with Crippen LogP contribution in [0.1, 0.15) is 36.7 Å². The molecule has 11 heteroatoms. The van der Waals surface area contributed by atoms with E-state index < -0.39 is 17.7 Å². The van der Waals surface area contributed by atoms with Crippen LogP contribution >= 0.6 is 11.6 Å². The first kappa shape index (κ1) is 25.1. The van der Waals surface area contributed by atoms with Crippen LogP contribution in [0.3, 0.4) is 0 Å². The molecule has 0 fully saturated rings. The smallest absolute Gasteiger partial charge is 0.407 e. The van der Waals surface area contributed by atoms with E-state index >= 15 is 0 Å². The van der Waals surface area contributed by atoms with Crippen LogP contribution in [0.4, 0.5) is 13.6 Å². The molecule has 1 amide bonds. The summed E-state index contributed by atoms with van der Waals surface area (Å²) >= 11 is 5.63. The molecule has 0 radical (unpaired) electrons. The predicted octanol–water partition coefficient (Wildman–Crippen LogP) is 3.99. The predicted molar refractivity (Wildman–Crippen MR) is 118 cm³/mol. The van der Waals surface area contributed by atoms with Gasteiger partial charge in [0.05, 0.1) is 26.1 Å². The highest BCUT2D eigenvalue weighted by Crippen LogP contribution is 2.20. The van der Waals surface area contributed by atoms with Crippen molar-refractivity contribution in [2.24, 2.45) is 10.7 Å². The van der Waals surface area contributed by atoms with Crippen LogP contribution in [0.15, 0.2) is 35.2 Å². The highest BCUT2D eigenvalue weighted by molar-refractivity contribution is 6.29. The van der Waals surface area contributed by atoms with Crippen molar-refractivity contribution in [1.29, 1.82) is 0 Å². The minimum atomic E-state index is -0.801. The molecule has 0 unspecified atom stereocenters. The molecule has 1 aromatic carbocycles. The van der Waals surface area contributed by atoms with E-state index in [1.807, 2.05) is 11.5 Å². The third-order valence-corrected chi connectivity index (χ3v) is 4.53. The number of hydrogen-bond donors (Lipinski definition) is 2. The SMILES string of the molecule is C=C(Cl)/N=C(/N)c1ncn(CCCCOC(=O)NCc2c(F)cc(OCC)cc2F)c1C. The lowest BCUT2D eigenvalue weighted by molar-refractivity contribution is 0.143. The Bertz CT molecular complexity index is 971. The van der Waals surface area contributed by atoms with E-state index in [0.29, 0.717) is 25.1 Å². The number of carbonyl (C=O) groups excluding carboxylic acids is 1. The molecule has 2 aromatic rings. The van der Waals surface area contributed by atoms with E-state index in [1.165, 1.54) is 0 Å². The number of ether oxygens (including phenoxy) is 2. The molecular formula is C21H26ClF2N5O3. The molecule has 1 aromatic heterocycles. The molecule has 0 saturated carbocycles. The average Bonchev–Trinajstić information content (AvgIpc) is 3.07. The molecule has 0 spiro atoms. The number of amidine groups is 1. The summed E-state index contributed by atoms with van der Waals surface area (Å²) in [4.78, 5) is 19.9. The van der Waals surface area contributed by atoms with Gasteiger partial charge in [-0.2, -0.15) is 0 Å². The summed E-state index contributed by atoms with van der Waals surface area (Å²) in [6.07, 6.45) is 2.15. The van der Waals surface area contributed by atoms with Crippen LogP contribution < -0.4 is 15.8 Å². The molecule has 0 atom stereocenters. The van der Waals surface area contributed by atoms with E-state index in [4.69, 9.17) is 26.8 Å². The Hall–Kier alpha value is -3.14. The number of rotatable bonds is 11. The fraction of sp³-hybridized carbons (Fsp3) is 0.381. The molecule has 2 rings (SSSR count). The van der Waals surface area contributed by atoms with Crippen molar-refractivity contribution < 1.29 is 23.0 Å². The zero-order valence-corrected chi connectivity index (χ0v) is 18.7. The first-order chi connectivity index (χ1) is 15.2. The number of hydrogen-bond acceptors (Lipinski definition) is 5. The van der Waals surface area contributed by atoms with E-state index in [-0.39, 0.29) is 42.1 Å². The second-order valence-electron chi connectivity index (χ2n) is 6.74. The first-order valence-corrected chi connectivity index (χ1v) is 10.3. The number of halogens is 3. The maximum absolute atomic E-state index is 14.0. The van der Waals surface area contributed by atoms with Gasteiger partial charge in [0.25, 0.3) is 0 Å². The van der Waals surface area contributed by atoms with Crippen LogP contribution in [-0.4, -0.2) is 34.7 Å². The van der Waals surface area contributed by atoms with Crippen molar-refractivity contribution in [3.63, 3.8) is 0 Å². The highest BCUT2D eigenvalue weighted by atomic mass is 35.5. The lowest BCUT2D eigenvalue weighted by Gasteiger charge is -2.11. The lowest BCUT2D eigenvalue weighted by atomic mass is 10.2. The number of alkyl carbamates (subject to hydrolysis) is 1. The number of amides is 1. The van der Waals surface area contributed by atoms with Gasteiger partial charge in [-0.3, -0.25) is 0 Å². The summed E-state index contributed by atoms with van der Waals surface area (Å²) in [5.74, 6) is -1.33. The summed E-state index contributed by atoms with van der Waals surface area (Å²) in [6, 6.07) is 2.15. The zero-order valence-electron chi connectivity index (χ0n) is 18.0. The van der Waals surface area contributed by atoms with E-state index in [1.54, 1.807) is 13.3 Å². The summed E-state index contributed by atoms with van der Waals surface area (Å²) in [6.45, 7) is 7.75. The normalized spacial score (nSPS) is 11.3. The molecule has 0 saturated heterocycles. The number of nitrogens with two attached hydrogens (primary N) is 1. The van der Waals surface area contributed by atoms with Gasteiger partial charge in [0.15, 0.2) is 5.84 Å². The van der Waals surface area contributed by atoms with Crippen LogP contribution in [0, 0.1) is 18.6 Å². The van der Waals surface area contributed by atoms with Gasteiger partial charge in [-0.1, -0.05) is 18.2 Å². The fourth-order valence-electron chi connectivity index (χ4n) is 2.86. The minimum Gasteiger partial charge on any atom is -0.494 e. The van der Waals surface area contributed by atoms with Crippen molar-refractivity contribution in [2.45, 2.75) is 39.8 Å². The van der Waals surface area contributed by atoms with Crippen molar-refractivity contribution in [2.75, 3.05) is 13.2 Å². The molecule has 0 aliphatic heterocycles. The molecule has 3 N–H and O–H groups in total. The summed E-state index contributed by atoms with van der Waals surface area (Å²) < 4.78 is 40.0. The quantitative estimate of drug-likeness (QED) is 0.224. The molecule has 0 aliphatic rings. The highest BCUT2D eigenvalue weighted by Gasteiger charge is 2.14. The van der Waals surface area contributed by atoms with Crippen molar-refractivity contribution in [3.8, 4) is 5.75 Å². The fourth-order valence-corrected chi connectivity index (χ4v) is 2.95. The second kappa shape index (κ2) is 12.0. The van der Waals surface area contributed by atoms with Crippen LogP contribution in [0.2, 0.25) is 0 Å². The lowest BCUT2D eigenvalue weighted by Crippen LogP contribution is -2.25. The number of nitrogens with zero attached hydrogens (tertiary/aromatic N) is 3. The van der Waals surface area contributed by atoms with Gasteiger partial charge in [0.2, 0.25) is 0 Å². The van der Waals surface area contributed by atoms with E-state index in [2.05, 4.69) is 21.9 Å². The van der Waals surface area contributed by atoms with Gasteiger partial charge < -0.3 is 25.1 Å². The van der Waals surface area contributed by atoms with Crippen molar-refractivity contribution in [1.82, 2.24) is 14.9 Å². The maximum atomic E-state index is 14.0. The van der Waals surface area contributed by atoms with E-state index in [0.717, 1.165) is 17.8 Å². The number of benzene rings is 1. The van der Waals surface area contributed by atoms with Gasteiger partial charge in [0.1, 0.15) is 28.2 Å². The third kappa shape index (κ3) is 7.23. The zero-order chi connectivity index (χ0) is 23.7. The molecule has 8 nitrogen and oxygen atoms in total. The Morgan fingerprint density at radius 1 is 1.34 bits per heavy atom. The molecule has 32 heavy (non-hydrogen) atoms. The maximum Gasteiger partial charge on any atom is 0.407 e. The van der Waals surface area contributed by atoms with Gasteiger partial charge in [0, 0.05) is 29.9 Å². The Labute approximate surface area is 190 Å². The van der Waals surface area contributed by atoms with Crippen LogP contribution in [0.25, 0.3) is 0 Å². The Morgan fingerprint density at radius 2 is 2.03 bits per heavy atom. The largest absolute Gasteiger partial charge is 0.494 e.